The van der Waals surface area contributed by atoms with Gasteiger partial charge in [0.2, 0.25) is 0 Å². The number of aromatic nitrogens is 2. The van der Waals surface area contributed by atoms with Crippen LogP contribution >= 0.6 is 11.6 Å². The molecule has 0 bridgehead atoms. The van der Waals surface area contributed by atoms with Crippen LogP contribution < -0.4 is 0 Å². The Morgan fingerprint density at radius 3 is 2.74 bits per heavy atom. The summed E-state index contributed by atoms with van der Waals surface area (Å²) in [5.74, 6) is -1.10. The predicted molar refractivity (Wildman–Crippen MR) is 67.9 cm³/mol. The molecule has 0 saturated carbocycles. The van der Waals surface area contributed by atoms with E-state index < -0.39 is 17.9 Å². The molecule has 102 valence electrons. The van der Waals surface area contributed by atoms with Crippen LogP contribution in [0.5, 0.6) is 0 Å². The highest BCUT2D eigenvalue weighted by Crippen LogP contribution is 2.24. The Hall–Kier alpha value is -1.69. The number of halogens is 1. The second-order valence-corrected chi connectivity index (χ2v) is 5.11. The number of carbonyl (C=O) groups is 2. The molecule has 6 nitrogen and oxygen atoms in total. The smallest absolute Gasteiger partial charge is 0.326 e. The number of carbonyl (C=O) groups excluding carboxylic acids is 1. The van der Waals surface area contributed by atoms with Crippen LogP contribution in [0.15, 0.2) is 12.1 Å². The molecule has 19 heavy (non-hydrogen) atoms. The largest absolute Gasteiger partial charge is 0.480 e. The molecule has 2 heterocycles. The Morgan fingerprint density at radius 1 is 1.42 bits per heavy atom. The fraction of sp³-hybridized carbons (Fsp3) is 0.500. The van der Waals surface area contributed by atoms with Crippen LogP contribution in [0, 0.1) is 5.92 Å². The van der Waals surface area contributed by atoms with Gasteiger partial charge in [-0.25, -0.2) is 4.79 Å². The van der Waals surface area contributed by atoms with E-state index in [4.69, 9.17) is 11.6 Å². The molecule has 1 aliphatic rings. The predicted octanol–water partition coefficient (Wildman–Crippen LogP) is 1.46. The van der Waals surface area contributed by atoms with E-state index in [9.17, 15) is 14.7 Å². The second-order valence-electron chi connectivity index (χ2n) is 4.72. The lowest BCUT2D eigenvalue weighted by atomic mass is 9.92. The highest BCUT2D eigenvalue weighted by molar-refractivity contribution is 6.29. The zero-order chi connectivity index (χ0) is 14.0. The first-order valence-electron chi connectivity index (χ1n) is 6.02. The molecule has 7 heteroatoms. The number of aliphatic carboxylic acids is 1. The molecule has 0 radical (unpaired) electrons. The summed E-state index contributed by atoms with van der Waals surface area (Å²) in [4.78, 5) is 24.8. The normalized spacial score (nSPS) is 23.2. The maximum atomic E-state index is 12.2. The van der Waals surface area contributed by atoms with Gasteiger partial charge in [0.25, 0.3) is 5.91 Å². The molecule has 2 rings (SSSR count). The third-order valence-electron chi connectivity index (χ3n) is 3.26. The Kier molecular flexibility index (Phi) is 3.99. The van der Waals surface area contributed by atoms with Crippen molar-refractivity contribution >= 4 is 23.5 Å². The van der Waals surface area contributed by atoms with Gasteiger partial charge in [-0.1, -0.05) is 18.5 Å². The summed E-state index contributed by atoms with van der Waals surface area (Å²) in [6.45, 7) is 2.40. The number of carboxylic acids is 1. The van der Waals surface area contributed by atoms with Crippen molar-refractivity contribution in [2.45, 2.75) is 25.8 Å². The van der Waals surface area contributed by atoms with Crippen LogP contribution in [0.1, 0.15) is 30.3 Å². The van der Waals surface area contributed by atoms with E-state index in [1.165, 1.54) is 17.0 Å². The first-order valence-corrected chi connectivity index (χ1v) is 6.40. The van der Waals surface area contributed by atoms with Gasteiger partial charge in [0.05, 0.1) is 0 Å². The van der Waals surface area contributed by atoms with Gasteiger partial charge in [-0.05, 0) is 30.9 Å². The first kappa shape index (κ1) is 13.7. The summed E-state index contributed by atoms with van der Waals surface area (Å²) in [5.41, 5.74) is 0.116. The number of likely N-dealkylation sites (tertiary alicyclic amines) is 1. The van der Waals surface area contributed by atoms with Crippen LogP contribution in [-0.2, 0) is 4.79 Å². The summed E-state index contributed by atoms with van der Waals surface area (Å²) in [5, 5.41) is 16.7. The third-order valence-corrected chi connectivity index (χ3v) is 3.46. The van der Waals surface area contributed by atoms with Crippen LogP contribution in [0.3, 0.4) is 0 Å². The standard InChI is InChI=1S/C12H14ClN3O3/c1-7-4-5-16(9(6-7)12(18)19)11(17)8-2-3-10(13)15-14-8/h2-3,7,9H,4-6H2,1H3,(H,18,19). The number of hydrogen-bond acceptors (Lipinski definition) is 4. The third kappa shape index (κ3) is 3.01. The molecule has 2 atom stereocenters. The average Bonchev–Trinajstić information content (AvgIpc) is 2.38. The van der Waals surface area contributed by atoms with Gasteiger partial charge in [-0.15, -0.1) is 10.2 Å². The molecule has 0 spiro atoms. The summed E-state index contributed by atoms with van der Waals surface area (Å²) in [7, 11) is 0. The average molecular weight is 284 g/mol. The molecule has 1 aliphatic heterocycles. The van der Waals surface area contributed by atoms with Crippen LogP contribution in [0.4, 0.5) is 0 Å². The number of nitrogens with zero attached hydrogens (tertiary/aromatic N) is 3. The van der Waals surface area contributed by atoms with Crippen molar-refractivity contribution in [1.82, 2.24) is 15.1 Å². The maximum absolute atomic E-state index is 12.2. The van der Waals surface area contributed by atoms with Gasteiger partial charge >= 0.3 is 5.97 Å². The fourth-order valence-electron chi connectivity index (χ4n) is 2.20. The van der Waals surface area contributed by atoms with Crippen molar-refractivity contribution in [1.29, 1.82) is 0 Å². The topological polar surface area (TPSA) is 83.4 Å². The summed E-state index contributed by atoms with van der Waals surface area (Å²) >= 11 is 5.61. The fourth-order valence-corrected chi connectivity index (χ4v) is 2.30. The van der Waals surface area contributed by atoms with Gasteiger partial charge in [0.1, 0.15) is 6.04 Å². The molecule has 1 fully saturated rings. The van der Waals surface area contributed by atoms with E-state index in [2.05, 4.69) is 10.2 Å². The molecule has 1 aromatic heterocycles. The van der Waals surface area contributed by atoms with Crippen LogP contribution in [0.25, 0.3) is 0 Å². The van der Waals surface area contributed by atoms with Crippen molar-refractivity contribution in [2.75, 3.05) is 6.54 Å². The Labute approximate surface area is 115 Å². The molecular formula is C12H14ClN3O3. The molecule has 0 aliphatic carbocycles. The van der Waals surface area contributed by atoms with Crippen molar-refractivity contribution in [2.24, 2.45) is 5.92 Å². The zero-order valence-corrected chi connectivity index (χ0v) is 11.2. The zero-order valence-electron chi connectivity index (χ0n) is 10.4. The van der Waals surface area contributed by atoms with Gasteiger partial charge < -0.3 is 10.0 Å². The van der Waals surface area contributed by atoms with Crippen LogP contribution in [-0.4, -0.2) is 44.7 Å². The molecule has 1 aromatic rings. The highest BCUT2D eigenvalue weighted by Gasteiger charge is 2.35. The first-order chi connectivity index (χ1) is 8.99. The quantitative estimate of drug-likeness (QED) is 0.888. The molecule has 2 unspecified atom stereocenters. The van der Waals surface area contributed by atoms with Gasteiger partial charge in [-0.2, -0.15) is 0 Å². The Balaban J connectivity index is 2.21. The highest BCUT2D eigenvalue weighted by atomic mass is 35.5. The lowest BCUT2D eigenvalue weighted by molar-refractivity contribution is -0.144. The molecular weight excluding hydrogens is 270 g/mol. The van der Waals surface area contributed by atoms with Crippen LogP contribution in [0.2, 0.25) is 5.15 Å². The maximum Gasteiger partial charge on any atom is 0.326 e. The Morgan fingerprint density at radius 2 is 2.16 bits per heavy atom. The van der Waals surface area contributed by atoms with Gasteiger partial charge in [0, 0.05) is 6.54 Å². The summed E-state index contributed by atoms with van der Waals surface area (Å²) in [6.07, 6.45) is 1.25. The van der Waals surface area contributed by atoms with Crippen molar-refractivity contribution in [3.63, 3.8) is 0 Å². The number of piperidine rings is 1. The number of hydrogen-bond donors (Lipinski definition) is 1. The van der Waals surface area contributed by atoms with E-state index in [-0.39, 0.29) is 10.8 Å². The minimum absolute atomic E-state index is 0.116. The van der Waals surface area contributed by atoms with E-state index in [0.717, 1.165) is 6.42 Å². The Bertz CT molecular complexity index is 491. The minimum Gasteiger partial charge on any atom is -0.480 e. The SMILES string of the molecule is CC1CCN(C(=O)c2ccc(Cl)nn2)C(C(=O)O)C1. The van der Waals surface area contributed by atoms with E-state index in [1.807, 2.05) is 6.92 Å². The van der Waals surface area contributed by atoms with E-state index in [0.29, 0.717) is 18.9 Å². The molecule has 0 aromatic carbocycles. The molecule has 1 N–H and O–H groups in total. The van der Waals surface area contributed by atoms with Gasteiger partial charge in [0.15, 0.2) is 10.8 Å². The van der Waals surface area contributed by atoms with Crippen molar-refractivity contribution in [3.8, 4) is 0 Å². The van der Waals surface area contributed by atoms with Crippen molar-refractivity contribution < 1.29 is 14.7 Å². The monoisotopic (exact) mass is 283 g/mol. The lowest BCUT2D eigenvalue weighted by Crippen LogP contribution is -2.50. The van der Waals surface area contributed by atoms with Crippen molar-refractivity contribution in [3.05, 3.63) is 23.0 Å². The number of rotatable bonds is 2. The van der Waals surface area contributed by atoms with E-state index >= 15 is 0 Å². The molecule has 1 amide bonds. The number of amides is 1. The number of carboxylic acid groups (broad SMARTS) is 1. The second kappa shape index (κ2) is 5.52. The minimum atomic E-state index is -0.984. The summed E-state index contributed by atoms with van der Waals surface area (Å²) in [6, 6.07) is 2.12. The molecule has 1 saturated heterocycles. The summed E-state index contributed by atoms with van der Waals surface area (Å²) < 4.78 is 0. The lowest BCUT2D eigenvalue weighted by Gasteiger charge is -2.35. The van der Waals surface area contributed by atoms with Gasteiger partial charge in [-0.3, -0.25) is 4.79 Å². The van der Waals surface area contributed by atoms with E-state index in [1.54, 1.807) is 0 Å².